The van der Waals surface area contributed by atoms with E-state index in [2.05, 4.69) is 21.8 Å². The first-order valence-corrected chi connectivity index (χ1v) is 5.96. The van der Waals surface area contributed by atoms with Crippen LogP contribution in [0.4, 0.5) is 0 Å². The van der Waals surface area contributed by atoms with Crippen LogP contribution >= 0.6 is 0 Å². The SMILES string of the molecule is CNC(c1nccn1C)C1(C)CCCCO1. The number of imidazole rings is 1. The molecule has 2 atom stereocenters. The maximum atomic E-state index is 5.98. The number of ether oxygens (including phenoxy) is 1. The summed E-state index contributed by atoms with van der Waals surface area (Å²) < 4.78 is 8.04. The summed E-state index contributed by atoms with van der Waals surface area (Å²) in [5, 5.41) is 3.35. The molecule has 2 unspecified atom stereocenters. The maximum absolute atomic E-state index is 5.98. The van der Waals surface area contributed by atoms with Gasteiger partial charge in [-0.25, -0.2) is 4.98 Å². The lowest BCUT2D eigenvalue weighted by atomic mass is 9.87. The third-order valence-corrected chi connectivity index (χ3v) is 3.52. The van der Waals surface area contributed by atoms with Crippen LogP contribution in [0.15, 0.2) is 12.4 Å². The van der Waals surface area contributed by atoms with Crippen LogP contribution in [0, 0.1) is 0 Å². The summed E-state index contributed by atoms with van der Waals surface area (Å²) in [6.45, 7) is 3.04. The highest BCUT2D eigenvalue weighted by Crippen LogP contribution is 2.35. The first-order valence-electron chi connectivity index (χ1n) is 5.96. The molecule has 4 nitrogen and oxygen atoms in total. The molecule has 16 heavy (non-hydrogen) atoms. The molecule has 0 saturated carbocycles. The summed E-state index contributed by atoms with van der Waals surface area (Å²) in [5.74, 6) is 1.05. The third-order valence-electron chi connectivity index (χ3n) is 3.52. The molecule has 0 spiro atoms. The van der Waals surface area contributed by atoms with Crippen LogP contribution in [0.3, 0.4) is 0 Å². The molecule has 0 aromatic carbocycles. The Kier molecular flexibility index (Phi) is 3.30. The van der Waals surface area contributed by atoms with Crippen molar-refractivity contribution in [2.24, 2.45) is 7.05 Å². The Hall–Kier alpha value is -0.870. The molecule has 2 rings (SSSR count). The van der Waals surface area contributed by atoms with Crippen molar-refractivity contribution >= 4 is 0 Å². The van der Waals surface area contributed by atoms with Gasteiger partial charge in [0, 0.05) is 26.0 Å². The number of likely N-dealkylation sites (N-methyl/N-ethyl adjacent to an activating group) is 1. The number of rotatable bonds is 3. The fourth-order valence-electron chi connectivity index (χ4n) is 2.55. The molecule has 1 aliphatic heterocycles. The topological polar surface area (TPSA) is 39.1 Å². The Morgan fingerprint density at radius 1 is 1.56 bits per heavy atom. The predicted molar refractivity (Wildman–Crippen MR) is 63.2 cm³/mol. The van der Waals surface area contributed by atoms with Gasteiger partial charge in [0.05, 0.1) is 11.6 Å². The lowest BCUT2D eigenvalue weighted by Gasteiger charge is -2.40. The summed E-state index contributed by atoms with van der Waals surface area (Å²) in [6.07, 6.45) is 7.31. The Balaban J connectivity index is 2.24. The van der Waals surface area contributed by atoms with Crippen molar-refractivity contribution in [3.8, 4) is 0 Å². The van der Waals surface area contributed by atoms with Crippen LogP contribution < -0.4 is 5.32 Å². The number of aryl methyl sites for hydroxylation is 1. The van der Waals surface area contributed by atoms with Gasteiger partial charge in [0.15, 0.2) is 0 Å². The lowest BCUT2D eigenvalue weighted by Crippen LogP contribution is -2.45. The van der Waals surface area contributed by atoms with Crippen molar-refractivity contribution in [3.63, 3.8) is 0 Å². The zero-order valence-electron chi connectivity index (χ0n) is 10.4. The molecule has 0 radical (unpaired) electrons. The van der Waals surface area contributed by atoms with Crippen molar-refractivity contribution in [3.05, 3.63) is 18.2 Å². The second-order valence-corrected chi connectivity index (χ2v) is 4.74. The van der Waals surface area contributed by atoms with Crippen LogP contribution in [0.2, 0.25) is 0 Å². The van der Waals surface area contributed by atoms with Crippen LogP contribution in [0.25, 0.3) is 0 Å². The molecule has 0 amide bonds. The normalized spacial score (nSPS) is 27.9. The minimum Gasteiger partial charge on any atom is -0.373 e. The van der Waals surface area contributed by atoms with Gasteiger partial charge in [0.25, 0.3) is 0 Å². The number of hydrogen-bond donors (Lipinski definition) is 1. The largest absolute Gasteiger partial charge is 0.373 e. The molecular weight excluding hydrogens is 202 g/mol. The van der Waals surface area contributed by atoms with E-state index in [1.165, 1.54) is 12.8 Å². The van der Waals surface area contributed by atoms with E-state index < -0.39 is 0 Å². The maximum Gasteiger partial charge on any atom is 0.128 e. The van der Waals surface area contributed by atoms with E-state index in [9.17, 15) is 0 Å². The fourth-order valence-corrected chi connectivity index (χ4v) is 2.55. The van der Waals surface area contributed by atoms with E-state index in [1.54, 1.807) is 0 Å². The van der Waals surface area contributed by atoms with Crippen molar-refractivity contribution in [2.45, 2.75) is 37.8 Å². The van der Waals surface area contributed by atoms with Crippen LogP contribution in [0.1, 0.15) is 38.1 Å². The summed E-state index contributed by atoms with van der Waals surface area (Å²) in [5.41, 5.74) is -0.133. The van der Waals surface area contributed by atoms with Crippen molar-refractivity contribution in [1.82, 2.24) is 14.9 Å². The van der Waals surface area contributed by atoms with Gasteiger partial charge >= 0.3 is 0 Å². The molecule has 1 fully saturated rings. The second kappa shape index (κ2) is 4.55. The van der Waals surface area contributed by atoms with Crippen molar-refractivity contribution in [2.75, 3.05) is 13.7 Å². The zero-order valence-corrected chi connectivity index (χ0v) is 10.4. The van der Waals surface area contributed by atoms with Gasteiger partial charge in [-0.15, -0.1) is 0 Å². The Morgan fingerprint density at radius 2 is 2.38 bits per heavy atom. The van der Waals surface area contributed by atoms with E-state index in [1.807, 2.05) is 26.5 Å². The van der Waals surface area contributed by atoms with Gasteiger partial charge in [-0.2, -0.15) is 0 Å². The molecule has 1 aliphatic rings. The minimum atomic E-state index is -0.133. The molecule has 1 aromatic heterocycles. The molecule has 0 bridgehead atoms. The predicted octanol–water partition coefficient (Wildman–Crippen LogP) is 1.64. The third kappa shape index (κ3) is 1.99. The summed E-state index contributed by atoms with van der Waals surface area (Å²) in [7, 11) is 4.00. The van der Waals surface area contributed by atoms with Gasteiger partial charge in [-0.1, -0.05) is 0 Å². The highest BCUT2D eigenvalue weighted by molar-refractivity contribution is 5.06. The molecular formula is C12H21N3O. The standard InChI is InChI=1S/C12H21N3O/c1-12(6-4-5-9-16-12)10(13-2)11-14-7-8-15(11)3/h7-8,10,13H,4-6,9H2,1-3H3. The summed E-state index contributed by atoms with van der Waals surface area (Å²) in [6, 6.07) is 0.160. The van der Waals surface area contributed by atoms with Gasteiger partial charge in [-0.3, -0.25) is 0 Å². The number of nitrogens with zero attached hydrogens (tertiary/aromatic N) is 2. The molecule has 1 aromatic rings. The Morgan fingerprint density at radius 3 is 2.88 bits per heavy atom. The Labute approximate surface area is 97.0 Å². The van der Waals surface area contributed by atoms with E-state index in [0.29, 0.717) is 0 Å². The second-order valence-electron chi connectivity index (χ2n) is 4.74. The number of nitrogens with one attached hydrogen (secondary N) is 1. The van der Waals surface area contributed by atoms with Crippen LogP contribution in [-0.2, 0) is 11.8 Å². The van der Waals surface area contributed by atoms with Crippen LogP contribution in [-0.4, -0.2) is 28.8 Å². The first-order chi connectivity index (χ1) is 7.67. The molecule has 90 valence electrons. The monoisotopic (exact) mass is 223 g/mol. The highest BCUT2D eigenvalue weighted by atomic mass is 16.5. The van der Waals surface area contributed by atoms with Gasteiger partial charge < -0.3 is 14.6 Å². The Bertz CT molecular complexity index is 342. The first kappa shape index (κ1) is 11.6. The van der Waals surface area contributed by atoms with Crippen molar-refractivity contribution in [1.29, 1.82) is 0 Å². The summed E-state index contributed by atoms with van der Waals surface area (Å²) >= 11 is 0. The van der Waals surface area contributed by atoms with Gasteiger partial charge in [0.2, 0.25) is 0 Å². The number of aromatic nitrogens is 2. The van der Waals surface area contributed by atoms with Gasteiger partial charge in [-0.05, 0) is 33.2 Å². The van der Waals surface area contributed by atoms with E-state index in [-0.39, 0.29) is 11.6 Å². The lowest BCUT2D eigenvalue weighted by molar-refractivity contribution is -0.0905. The molecule has 1 saturated heterocycles. The highest BCUT2D eigenvalue weighted by Gasteiger charge is 2.38. The van der Waals surface area contributed by atoms with E-state index >= 15 is 0 Å². The van der Waals surface area contributed by atoms with Crippen LogP contribution in [0.5, 0.6) is 0 Å². The van der Waals surface area contributed by atoms with E-state index in [4.69, 9.17) is 4.74 Å². The quantitative estimate of drug-likeness (QED) is 0.846. The average Bonchev–Trinajstić information content (AvgIpc) is 2.67. The van der Waals surface area contributed by atoms with Gasteiger partial charge in [0.1, 0.15) is 5.82 Å². The number of hydrogen-bond acceptors (Lipinski definition) is 3. The minimum absolute atomic E-state index is 0.133. The average molecular weight is 223 g/mol. The van der Waals surface area contributed by atoms with E-state index in [0.717, 1.165) is 18.9 Å². The smallest absolute Gasteiger partial charge is 0.128 e. The molecule has 2 heterocycles. The molecule has 4 heteroatoms. The fraction of sp³-hybridized carbons (Fsp3) is 0.750. The van der Waals surface area contributed by atoms with Crippen molar-refractivity contribution < 1.29 is 4.74 Å². The zero-order chi connectivity index (χ0) is 11.6. The summed E-state index contributed by atoms with van der Waals surface area (Å²) in [4.78, 5) is 4.43. The molecule has 1 N–H and O–H groups in total. The molecule has 0 aliphatic carbocycles.